The molecule has 0 unspecified atom stereocenters. The van der Waals surface area contributed by atoms with Gasteiger partial charge in [0.1, 0.15) is 24.4 Å². The predicted octanol–water partition coefficient (Wildman–Crippen LogP) is 6.86. The Hall–Kier alpha value is -3.76. The Labute approximate surface area is 309 Å². The molecular weight excluding hydrogens is 656 g/mol. The summed E-state index contributed by atoms with van der Waals surface area (Å²) < 4.78 is 13.2. The molecular formula is C42H58N4O6. The maximum atomic E-state index is 14.3. The molecule has 2 aromatic carbocycles. The zero-order valence-corrected chi connectivity index (χ0v) is 31.5. The van der Waals surface area contributed by atoms with E-state index in [1.165, 1.54) is 22.3 Å². The number of esters is 2. The third kappa shape index (κ3) is 7.25. The highest BCUT2D eigenvalue weighted by Crippen LogP contribution is 2.64. The highest BCUT2D eigenvalue weighted by Gasteiger charge is 2.65. The Morgan fingerprint density at radius 3 is 1.50 bits per heavy atom. The van der Waals surface area contributed by atoms with E-state index >= 15 is 0 Å². The van der Waals surface area contributed by atoms with Crippen molar-refractivity contribution in [2.24, 2.45) is 44.4 Å². The van der Waals surface area contributed by atoms with E-state index in [1.54, 1.807) is 0 Å². The first kappa shape index (κ1) is 38.0. The van der Waals surface area contributed by atoms with Gasteiger partial charge in [-0.2, -0.15) is 0 Å². The fraction of sp³-hybridized carbons (Fsp3) is 0.619. The van der Waals surface area contributed by atoms with Crippen LogP contribution >= 0.6 is 0 Å². The lowest BCUT2D eigenvalue weighted by atomic mass is 9.59. The van der Waals surface area contributed by atoms with Crippen LogP contribution in [0.25, 0.3) is 0 Å². The number of carbonyl (C=O) groups excluding carboxylic acids is 2. The standard InChI is InChI=1S/C42H58N4O6/c1-29-7-5-9-31(23-29)33-11-15-39(3)35(27-45-49-21-19-43)13-17-41(39,25-33)51-37(47)38(48)52-42-18-14-36(28-46-50-22-20-44)40(42,4)16-12-34(26-42)32-10-6-8-30(2)24-32/h5-10,23-24,27-28,33-36H,11-22,25-26,43-44H2,1-4H3/t33-,34-,35+,36+,39+,40+,41-,42-/m0/s1. The number of nitrogens with two attached hydrogens (primary N) is 2. The molecule has 4 fully saturated rings. The molecule has 52 heavy (non-hydrogen) atoms. The van der Waals surface area contributed by atoms with Crippen LogP contribution in [-0.4, -0.2) is 61.9 Å². The van der Waals surface area contributed by atoms with Crippen LogP contribution in [0.1, 0.15) is 112 Å². The van der Waals surface area contributed by atoms with Gasteiger partial charge in [0.2, 0.25) is 0 Å². The lowest BCUT2D eigenvalue weighted by Gasteiger charge is -2.52. The molecule has 6 rings (SSSR count). The summed E-state index contributed by atoms with van der Waals surface area (Å²) in [7, 11) is 0. The molecule has 8 atom stereocenters. The zero-order chi connectivity index (χ0) is 37.0. The highest BCUT2D eigenvalue weighted by atomic mass is 16.6. The summed E-state index contributed by atoms with van der Waals surface area (Å²) in [4.78, 5) is 39.3. The SMILES string of the molecule is Cc1cccc([C@H]2CC[C@]3(C)[C@@H](C=NOCCN)CC[C@]3(OC(=O)C(=O)O[C@]34CC[C@H](C=NOCCN)[C@@]3(C)CC[C@H](c3cccc(C)c3)C4)C2)c1. The molecule has 10 nitrogen and oxygen atoms in total. The summed E-state index contributed by atoms with van der Waals surface area (Å²) in [5, 5.41) is 8.49. The molecule has 10 heteroatoms. The normalized spacial score (nSPS) is 34.2. The molecule has 0 saturated heterocycles. The number of hydrogen-bond acceptors (Lipinski definition) is 10. The van der Waals surface area contributed by atoms with E-state index in [2.05, 4.69) is 86.5 Å². The van der Waals surface area contributed by atoms with E-state index in [0.717, 1.165) is 38.5 Å². The molecule has 0 spiro atoms. The average Bonchev–Trinajstić information content (AvgIpc) is 3.57. The molecule has 0 heterocycles. The second kappa shape index (κ2) is 15.7. The summed E-state index contributed by atoms with van der Waals surface area (Å²) >= 11 is 0. The third-order valence-corrected chi connectivity index (χ3v) is 13.4. The van der Waals surface area contributed by atoms with Crippen LogP contribution in [0.15, 0.2) is 58.8 Å². The van der Waals surface area contributed by atoms with Gasteiger partial charge in [-0.05, 0) is 101 Å². The van der Waals surface area contributed by atoms with E-state index in [1.807, 2.05) is 12.4 Å². The summed E-state index contributed by atoms with van der Waals surface area (Å²) in [5.41, 5.74) is 13.5. The van der Waals surface area contributed by atoms with Gasteiger partial charge < -0.3 is 30.6 Å². The van der Waals surface area contributed by atoms with Gasteiger partial charge in [0.15, 0.2) is 0 Å². The molecule has 0 aromatic heterocycles. The number of nitrogens with zero attached hydrogens (tertiary/aromatic N) is 2. The summed E-state index contributed by atoms with van der Waals surface area (Å²) in [5.74, 6) is -1.42. The van der Waals surface area contributed by atoms with Crippen molar-refractivity contribution in [2.75, 3.05) is 26.3 Å². The van der Waals surface area contributed by atoms with Crippen LogP contribution in [-0.2, 0) is 28.7 Å². The van der Waals surface area contributed by atoms with E-state index in [0.29, 0.717) is 52.0 Å². The van der Waals surface area contributed by atoms with E-state index in [4.69, 9.17) is 30.6 Å². The van der Waals surface area contributed by atoms with Crippen molar-refractivity contribution in [2.45, 2.75) is 115 Å². The topological polar surface area (TPSA) is 148 Å². The number of rotatable bonds is 12. The van der Waals surface area contributed by atoms with Gasteiger partial charge in [0.25, 0.3) is 0 Å². The van der Waals surface area contributed by atoms with Crippen molar-refractivity contribution < 1.29 is 28.7 Å². The smallest absolute Gasteiger partial charge is 0.418 e. The zero-order valence-electron chi connectivity index (χ0n) is 31.5. The first-order chi connectivity index (χ1) is 25.0. The number of benzene rings is 2. The van der Waals surface area contributed by atoms with Crippen molar-refractivity contribution in [3.8, 4) is 0 Å². The van der Waals surface area contributed by atoms with Crippen molar-refractivity contribution in [1.29, 1.82) is 0 Å². The third-order valence-electron chi connectivity index (χ3n) is 13.4. The van der Waals surface area contributed by atoms with Gasteiger partial charge in [-0.3, -0.25) is 0 Å². The number of aryl methyl sites for hydroxylation is 2. The van der Waals surface area contributed by atoms with Crippen LogP contribution in [0, 0.1) is 36.5 Å². The lowest BCUT2D eigenvalue weighted by Crippen LogP contribution is -2.55. The maximum absolute atomic E-state index is 14.3. The Balaban J connectivity index is 1.28. The van der Waals surface area contributed by atoms with Crippen LogP contribution in [0.3, 0.4) is 0 Å². The fourth-order valence-corrected chi connectivity index (χ4v) is 10.3. The molecule has 4 saturated carbocycles. The van der Waals surface area contributed by atoms with Gasteiger partial charge in [-0.1, -0.05) is 83.8 Å². The van der Waals surface area contributed by atoms with Crippen LogP contribution < -0.4 is 11.5 Å². The van der Waals surface area contributed by atoms with Crippen molar-refractivity contribution in [1.82, 2.24) is 0 Å². The van der Waals surface area contributed by atoms with E-state index in [9.17, 15) is 9.59 Å². The molecule has 282 valence electrons. The molecule has 4 aliphatic rings. The van der Waals surface area contributed by atoms with Gasteiger partial charge in [0, 0.05) is 48.2 Å². The van der Waals surface area contributed by atoms with Gasteiger partial charge in [-0.25, -0.2) is 9.59 Å². The number of ether oxygens (including phenoxy) is 2. The Morgan fingerprint density at radius 1 is 0.692 bits per heavy atom. The van der Waals surface area contributed by atoms with E-state index < -0.39 is 34.0 Å². The highest BCUT2D eigenvalue weighted by molar-refractivity contribution is 6.30. The number of fused-ring (bicyclic) bond motifs is 2. The van der Waals surface area contributed by atoms with Gasteiger partial charge in [0.05, 0.1) is 0 Å². The summed E-state index contributed by atoms with van der Waals surface area (Å²) in [6, 6.07) is 17.1. The number of carbonyl (C=O) groups is 2. The Morgan fingerprint density at radius 2 is 1.12 bits per heavy atom. The monoisotopic (exact) mass is 714 g/mol. The average molecular weight is 715 g/mol. The maximum Gasteiger partial charge on any atom is 0.418 e. The van der Waals surface area contributed by atoms with Crippen molar-refractivity contribution in [3.05, 3.63) is 70.8 Å². The molecule has 0 amide bonds. The second-order valence-corrected chi connectivity index (χ2v) is 16.4. The lowest BCUT2D eigenvalue weighted by molar-refractivity contribution is -0.206. The predicted molar refractivity (Wildman–Crippen MR) is 202 cm³/mol. The van der Waals surface area contributed by atoms with Crippen molar-refractivity contribution in [3.63, 3.8) is 0 Å². The van der Waals surface area contributed by atoms with Gasteiger partial charge in [-0.15, -0.1) is 0 Å². The van der Waals surface area contributed by atoms with E-state index in [-0.39, 0.29) is 23.7 Å². The number of oxime groups is 2. The largest absolute Gasteiger partial charge is 0.450 e. The van der Waals surface area contributed by atoms with Crippen LogP contribution in [0.2, 0.25) is 0 Å². The van der Waals surface area contributed by atoms with Crippen LogP contribution in [0.4, 0.5) is 0 Å². The molecule has 4 aliphatic carbocycles. The Kier molecular flexibility index (Phi) is 11.5. The first-order valence-corrected chi connectivity index (χ1v) is 19.3. The van der Waals surface area contributed by atoms with Crippen molar-refractivity contribution >= 4 is 24.4 Å². The van der Waals surface area contributed by atoms with Crippen LogP contribution in [0.5, 0.6) is 0 Å². The minimum absolute atomic E-state index is 0.0132. The second-order valence-electron chi connectivity index (χ2n) is 16.4. The molecule has 0 radical (unpaired) electrons. The quantitative estimate of drug-likeness (QED) is 0.0797. The minimum Gasteiger partial charge on any atom is -0.450 e. The number of hydrogen-bond donors (Lipinski definition) is 2. The molecule has 2 aromatic rings. The Bertz CT molecular complexity index is 1530. The first-order valence-electron chi connectivity index (χ1n) is 19.3. The summed E-state index contributed by atoms with van der Waals surface area (Å²) in [6.07, 6.45) is 11.2. The molecule has 4 N–H and O–H groups in total. The fourth-order valence-electron chi connectivity index (χ4n) is 10.3. The minimum atomic E-state index is -0.911. The van der Waals surface area contributed by atoms with Gasteiger partial charge >= 0.3 is 11.9 Å². The molecule has 0 bridgehead atoms. The summed E-state index contributed by atoms with van der Waals surface area (Å²) in [6.45, 7) is 9.98. The molecule has 0 aliphatic heterocycles.